The first-order chi connectivity index (χ1) is 10.5. The standard InChI is InChI=1S/C18H23NO3/c1-4-13-14-7-5-6-8-15(14)22-16(13)17(20)19-12-9-10-21-18(2,3)11-12/h5-8,12H,4,9-11H2,1-3H3,(H,19,20). The van der Waals surface area contributed by atoms with E-state index in [1.807, 2.05) is 31.2 Å². The Labute approximate surface area is 130 Å². The summed E-state index contributed by atoms with van der Waals surface area (Å²) in [6, 6.07) is 7.94. The van der Waals surface area contributed by atoms with Crippen LogP contribution in [0.15, 0.2) is 28.7 Å². The monoisotopic (exact) mass is 301 g/mol. The van der Waals surface area contributed by atoms with Gasteiger partial charge in [0.2, 0.25) is 0 Å². The summed E-state index contributed by atoms with van der Waals surface area (Å²) in [5.74, 6) is 0.337. The summed E-state index contributed by atoms with van der Waals surface area (Å²) >= 11 is 0. The van der Waals surface area contributed by atoms with Crippen molar-refractivity contribution in [3.05, 3.63) is 35.6 Å². The van der Waals surface area contributed by atoms with Crippen molar-refractivity contribution < 1.29 is 13.9 Å². The lowest BCUT2D eigenvalue weighted by Gasteiger charge is -2.35. The Morgan fingerprint density at radius 1 is 1.36 bits per heavy atom. The topological polar surface area (TPSA) is 51.5 Å². The van der Waals surface area contributed by atoms with Crippen LogP contribution in [0.1, 0.15) is 49.7 Å². The van der Waals surface area contributed by atoms with Crippen molar-refractivity contribution in [3.63, 3.8) is 0 Å². The lowest BCUT2D eigenvalue weighted by Crippen LogP contribution is -2.45. The number of hydrogen-bond donors (Lipinski definition) is 1. The number of carbonyl (C=O) groups is 1. The number of rotatable bonds is 3. The smallest absolute Gasteiger partial charge is 0.287 e. The minimum atomic E-state index is -0.183. The molecule has 1 amide bonds. The Balaban J connectivity index is 1.83. The van der Waals surface area contributed by atoms with Gasteiger partial charge in [-0.3, -0.25) is 4.79 Å². The van der Waals surface area contributed by atoms with E-state index in [1.165, 1.54) is 0 Å². The maximum Gasteiger partial charge on any atom is 0.287 e. The maximum absolute atomic E-state index is 12.6. The Hall–Kier alpha value is -1.81. The van der Waals surface area contributed by atoms with Crippen LogP contribution >= 0.6 is 0 Å². The minimum Gasteiger partial charge on any atom is -0.451 e. The van der Waals surface area contributed by atoms with Crippen LogP contribution in [0.5, 0.6) is 0 Å². The molecule has 1 aliphatic heterocycles. The molecule has 1 fully saturated rings. The maximum atomic E-state index is 12.6. The molecular weight excluding hydrogens is 278 g/mol. The molecule has 4 heteroatoms. The number of aryl methyl sites for hydroxylation is 1. The van der Waals surface area contributed by atoms with Crippen LogP contribution in [-0.4, -0.2) is 24.2 Å². The van der Waals surface area contributed by atoms with Gasteiger partial charge in [0.1, 0.15) is 5.58 Å². The highest BCUT2D eigenvalue weighted by molar-refractivity contribution is 5.99. The van der Waals surface area contributed by atoms with Gasteiger partial charge in [0.15, 0.2) is 5.76 Å². The third kappa shape index (κ3) is 2.88. The molecule has 2 heterocycles. The minimum absolute atomic E-state index is 0.115. The van der Waals surface area contributed by atoms with E-state index in [1.54, 1.807) is 0 Å². The second-order valence-corrected chi connectivity index (χ2v) is 6.53. The van der Waals surface area contributed by atoms with Crippen LogP contribution in [-0.2, 0) is 11.2 Å². The summed E-state index contributed by atoms with van der Waals surface area (Å²) in [5.41, 5.74) is 1.58. The van der Waals surface area contributed by atoms with Gasteiger partial charge in [0.05, 0.1) is 5.60 Å². The molecule has 1 saturated heterocycles. The molecule has 4 nitrogen and oxygen atoms in total. The van der Waals surface area contributed by atoms with Crippen molar-refractivity contribution in [2.24, 2.45) is 0 Å². The second-order valence-electron chi connectivity index (χ2n) is 6.53. The molecule has 22 heavy (non-hydrogen) atoms. The molecule has 1 aromatic heterocycles. The van der Waals surface area contributed by atoms with E-state index in [0.29, 0.717) is 12.4 Å². The third-order valence-corrected chi connectivity index (χ3v) is 4.29. The number of carbonyl (C=O) groups excluding carboxylic acids is 1. The summed E-state index contributed by atoms with van der Waals surface area (Å²) in [5, 5.41) is 4.14. The molecule has 0 bridgehead atoms. The summed E-state index contributed by atoms with van der Waals surface area (Å²) in [4.78, 5) is 12.6. The SMILES string of the molecule is CCc1c(C(=O)NC2CCOC(C)(C)C2)oc2ccccc12. The van der Waals surface area contributed by atoms with Gasteiger partial charge in [-0.1, -0.05) is 25.1 Å². The first-order valence-corrected chi connectivity index (χ1v) is 7.95. The summed E-state index contributed by atoms with van der Waals surface area (Å²) in [6.07, 6.45) is 2.44. The predicted octanol–water partition coefficient (Wildman–Crippen LogP) is 3.68. The van der Waals surface area contributed by atoms with Gasteiger partial charge in [-0.05, 0) is 39.2 Å². The highest BCUT2D eigenvalue weighted by Gasteiger charge is 2.31. The number of nitrogens with one attached hydrogen (secondary N) is 1. The zero-order valence-electron chi connectivity index (χ0n) is 13.4. The van der Waals surface area contributed by atoms with Crippen LogP contribution in [0.4, 0.5) is 0 Å². The summed E-state index contributed by atoms with van der Waals surface area (Å²) in [6.45, 7) is 6.85. The molecule has 0 spiro atoms. The average Bonchev–Trinajstić information content (AvgIpc) is 2.84. The predicted molar refractivity (Wildman–Crippen MR) is 86.1 cm³/mol. The van der Waals surface area contributed by atoms with Gasteiger partial charge in [-0.15, -0.1) is 0 Å². The molecule has 1 N–H and O–H groups in total. The lowest BCUT2D eigenvalue weighted by molar-refractivity contribution is -0.0616. The molecule has 0 radical (unpaired) electrons. The Bertz CT molecular complexity index is 687. The molecule has 0 aliphatic carbocycles. The van der Waals surface area contributed by atoms with Crippen molar-refractivity contribution in [3.8, 4) is 0 Å². The van der Waals surface area contributed by atoms with Crippen LogP contribution < -0.4 is 5.32 Å². The number of benzene rings is 1. The lowest BCUT2D eigenvalue weighted by atomic mass is 9.94. The van der Waals surface area contributed by atoms with Gasteiger partial charge in [-0.2, -0.15) is 0 Å². The molecule has 1 aliphatic rings. The van der Waals surface area contributed by atoms with Crippen molar-refractivity contribution in [2.75, 3.05) is 6.61 Å². The molecular formula is C18H23NO3. The van der Waals surface area contributed by atoms with Crippen LogP contribution in [0.3, 0.4) is 0 Å². The third-order valence-electron chi connectivity index (χ3n) is 4.29. The molecule has 118 valence electrons. The second kappa shape index (κ2) is 5.76. The molecule has 2 aromatic rings. The fraction of sp³-hybridized carbons (Fsp3) is 0.500. The Kier molecular flexibility index (Phi) is 3.96. The van der Waals surface area contributed by atoms with Crippen LogP contribution in [0.25, 0.3) is 11.0 Å². The number of para-hydroxylation sites is 1. The van der Waals surface area contributed by atoms with Gasteiger partial charge >= 0.3 is 0 Å². The molecule has 1 aromatic carbocycles. The number of hydrogen-bond acceptors (Lipinski definition) is 3. The van der Waals surface area contributed by atoms with Gasteiger partial charge in [0, 0.05) is 23.6 Å². The van der Waals surface area contributed by atoms with Gasteiger partial charge in [-0.25, -0.2) is 0 Å². The van der Waals surface area contributed by atoms with Crippen molar-refractivity contribution >= 4 is 16.9 Å². The molecule has 1 atom stereocenters. The van der Waals surface area contributed by atoms with Crippen molar-refractivity contribution in [2.45, 2.75) is 51.7 Å². The van der Waals surface area contributed by atoms with E-state index >= 15 is 0 Å². The summed E-state index contributed by atoms with van der Waals surface area (Å²) in [7, 11) is 0. The largest absolute Gasteiger partial charge is 0.451 e. The van der Waals surface area contributed by atoms with Gasteiger partial charge < -0.3 is 14.5 Å². The zero-order valence-corrected chi connectivity index (χ0v) is 13.4. The van der Waals surface area contributed by atoms with Crippen molar-refractivity contribution in [1.82, 2.24) is 5.32 Å². The number of ether oxygens (including phenoxy) is 1. The first kappa shape index (κ1) is 15.1. The fourth-order valence-electron chi connectivity index (χ4n) is 3.24. The normalized spacial score (nSPS) is 21.0. The molecule has 0 saturated carbocycles. The number of fused-ring (bicyclic) bond motifs is 1. The average molecular weight is 301 g/mol. The summed E-state index contributed by atoms with van der Waals surface area (Å²) < 4.78 is 11.5. The number of amides is 1. The first-order valence-electron chi connectivity index (χ1n) is 7.95. The highest BCUT2D eigenvalue weighted by Crippen LogP contribution is 2.28. The van der Waals surface area contributed by atoms with Gasteiger partial charge in [0.25, 0.3) is 5.91 Å². The van der Waals surface area contributed by atoms with E-state index in [0.717, 1.165) is 35.8 Å². The molecule has 3 rings (SSSR count). The quantitative estimate of drug-likeness (QED) is 0.940. The Morgan fingerprint density at radius 2 is 2.14 bits per heavy atom. The zero-order chi connectivity index (χ0) is 15.7. The van der Waals surface area contributed by atoms with E-state index in [4.69, 9.17) is 9.15 Å². The van der Waals surface area contributed by atoms with Crippen LogP contribution in [0, 0.1) is 0 Å². The Morgan fingerprint density at radius 3 is 2.86 bits per heavy atom. The fourth-order valence-corrected chi connectivity index (χ4v) is 3.24. The van der Waals surface area contributed by atoms with E-state index in [9.17, 15) is 4.79 Å². The number of furan rings is 1. The van der Waals surface area contributed by atoms with E-state index in [-0.39, 0.29) is 17.6 Å². The van der Waals surface area contributed by atoms with Crippen molar-refractivity contribution in [1.29, 1.82) is 0 Å². The molecule has 1 unspecified atom stereocenters. The van der Waals surface area contributed by atoms with Crippen LogP contribution in [0.2, 0.25) is 0 Å². The van der Waals surface area contributed by atoms with E-state index in [2.05, 4.69) is 19.2 Å². The highest BCUT2D eigenvalue weighted by atomic mass is 16.5. The van der Waals surface area contributed by atoms with E-state index < -0.39 is 0 Å².